The molecule has 11 rings (SSSR count). The van der Waals surface area contributed by atoms with E-state index in [2.05, 4.69) is 41.8 Å². The first-order chi connectivity index (χ1) is 19.6. The van der Waals surface area contributed by atoms with E-state index in [1.165, 1.54) is 38.6 Å². The van der Waals surface area contributed by atoms with Gasteiger partial charge in [-0.05, 0) is 184 Å². The number of nitrogens with one attached hydrogen (secondary N) is 1. The number of allylic oxidation sites excluding steroid dienone is 6. The van der Waals surface area contributed by atoms with Gasteiger partial charge < -0.3 is 5.32 Å². The Kier molecular flexibility index (Phi) is 5.19. The molecule has 0 amide bonds. The van der Waals surface area contributed by atoms with Gasteiger partial charge in [-0.15, -0.1) is 0 Å². The highest BCUT2D eigenvalue weighted by Gasteiger charge is 2.71. The van der Waals surface area contributed by atoms with Crippen molar-refractivity contribution in [1.82, 2.24) is 5.32 Å². The predicted molar refractivity (Wildman–Crippen MR) is 163 cm³/mol. The second kappa shape index (κ2) is 8.51. The van der Waals surface area contributed by atoms with E-state index in [1.54, 1.807) is 88.2 Å². The molecule has 11 aliphatic rings. The second-order valence-corrected chi connectivity index (χ2v) is 17.7. The molecule has 1 spiro atoms. The topological polar surface area (TPSA) is 12.0 Å². The van der Waals surface area contributed by atoms with Crippen LogP contribution in [0.3, 0.4) is 0 Å². The van der Waals surface area contributed by atoms with Crippen molar-refractivity contribution in [3.63, 3.8) is 0 Å². The van der Waals surface area contributed by atoms with Gasteiger partial charge in [0.15, 0.2) is 0 Å². The lowest BCUT2D eigenvalue weighted by Crippen LogP contribution is -2.49. The predicted octanol–water partition coefficient (Wildman–Crippen LogP) is 9.18. The zero-order valence-corrected chi connectivity index (χ0v) is 25.0. The molecule has 0 radical (unpaired) electrons. The smallest absolute Gasteiger partial charge is 0.0236 e. The molecule has 7 bridgehead atoms. The highest BCUT2D eigenvalue weighted by atomic mass is 14.9. The lowest BCUT2D eigenvalue weighted by atomic mass is 9.46. The van der Waals surface area contributed by atoms with E-state index in [9.17, 15) is 0 Å². The number of fused-ring (bicyclic) bond motifs is 2. The van der Waals surface area contributed by atoms with Crippen LogP contribution in [0.2, 0.25) is 0 Å². The van der Waals surface area contributed by atoms with Crippen molar-refractivity contribution in [3.05, 3.63) is 47.6 Å². The molecule has 9 fully saturated rings. The molecule has 0 aromatic heterocycles. The Bertz CT molecular complexity index is 1150. The molecule has 0 aromatic carbocycles. The van der Waals surface area contributed by atoms with Crippen LogP contribution in [0.25, 0.3) is 0 Å². The van der Waals surface area contributed by atoms with Crippen LogP contribution in [-0.4, -0.2) is 12.6 Å². The average Bonchev–Trinajstić information content (AvgIpc) is 3.28. The van der Waals surface area contributed by atoms with Gasteiger partial charge in [-0.3, -0.25) is 0 Å². The molecule has 214 valence electrons. The molecular formula is C39H53N. The highest BCUT2D eigenvalue weighted by molar-refractivity contribution is 5.41. The lowest BCUT2D eigenvalue weighted by Gasteiger charge is -2.59. The van der Waals surface area contributed by atoms with Gasteiger partial charge in [0.2, 0.25) is 0 Å². The van der Waals surface area contributed by atoms with Crippen LogP contribution in [0.15, 0.2) is 47.6 Å². The maximum absolute atomic E-state index is 4.01. The molecule has 1 nitrogen and oxygen atoms in total. The Labute approximate surface area is 243 Å². The third-order valence-corrected chi connectivity index (χ3v) is 15.9. The minimum Gasteiger partial charge on any atom is -0.313 e. The average molecular weight is 536 g/mol. The second-order valence-electron chi connectivity index (χ2n) is 17.7. The first kappa shape index (κ1) is 24.4. The SMILES string of the molecule is C1=CC(C23CC4CC(CC(C4)C2)C3)CC=C1[C@@H](C1=CCC(C23CC4CC5CC(C2)C5(C4)C3)C=C1)C1CCCCN1. The van der Waals surface area contributed by atoms with Gasteiger partial charge in [-0.25, -0.2) is 0 Å². The summed E-state index contributed by atoms with van der Waals surface area (Å²) in [6.07, 6.45) is 41.9. The standard InChI is InChI=1S/C39H53N/c1-2-12-40-35(3-1)36(29-4-8-31(9-5-29)37-18-25-13-26(19-37)15-27(14-25)20-37)30-6-10-32(11-7-30)38-21-28-16-33-17-34(23-38)39(33,22-28)24-38/h4-8,10,25-28,31-36,40H,1-3,9,11-24H2/t25?,26?,27?,28?,31?,32?,33?,34?,35?,36-,37?,38?,39?/m0/s1. The van der Waals surface area contributed by atoms with Crippen LogP contribution < -0.4 is 5.32 Å². The maximum Gasteiger partial charge on any atom is 0.0236 e. The lowest BCUT2D eigenvalue weighted by molar-refractivity contribution is -0.0760. The summed E-state index contributed by atoms with van der Waals surface area (Å²) in [4.78, 5) is 0. The molecule has 8 unspecified atom stereocenters. The fourth-order valence-corrected chi connectivity index (χ4v) is 15.0. The van der Waals surface area contributed by atoms with Crippen molar-refractivity contribution < 1.29 is 0 Å². The van der Waals surface area contributed by atoms with Gasteiger partial charge in [0.05, 0.1) is 0 Å². The van der Waals surface area contributed by atoms with Gasteiger partial charge in [0.25, 0.3) is 0 Å². The van der Waals surface area contributed by atoms with E-state index in [0.717, 1.165) is 52.8 Å². The fraction of sp³-hybridized carbons (Fsp3) is 0.795. The van der Waals surface area contributed by atoms with Crippen LogP contribution in [0, 0.1) is 69.5 Å². The quantitative estimate of drug-likeness (QED) is 0.370. The monoisotopic (exact) mass is 535 g/mol. The first-order valence-corrected chi connectivity index (χ1v) is 18.1. The molecule has 1 aliphatic heterocycles. The zero-order valence-electron chi connectivity index (χ0n) is 25.0. The Balaban J connectivity index is 0.899. The van der Waals surface area contributed by atoms with Crippen LogP contribution in [0.5, 0.6) is 0 Å². The summed E-state index contributed by atoms with van der Waals surface area (Å²) in [7, 11) is 0. The molecular weight excluding hydrogens is 482 g/mol. The van der Waals surface area contributed by atoms with Crippen molar-refractivity contribution >= 4 is 0 Å². The van der Waals surface area contributed by atoms with Crippen LogP contribution >= 0.6 is 0 Å². The normalized spacial score (nSPS) is 55.6. The van der Waals surface area contributed by atoms with Gasteiger partial charge in [0, 0.05) is 12.0 Å². The van der Waals surface area contributed by atoms with Crippen LogP contribution in [0.1, 0.15) is 109 Å². The Morgan fingerprint density at radius 1 is 0.650 bits per heavy atom. The van der Waals surface area contributed by atoms with Gasteiger partial charge >= 0.3 is 0 Å². The Morgan fingerprint density at radius 2 is 1.32 bits per heavy atom. The summed E-state index contributed by atoms with van der Waals surface area (Å²) in [6.45, 7) is 1.21. The highest BCUT2D eigenvalue weighted by Crippen LogP contribution is 2.80. The van der Waals surface area contributed by atoms with E-state index < -0.39 is 0 Å². The van der Waals surface area contributed by atoms with Crippen molar-refractivity contribution in [1.29, 1.82) is 0 Å². The van der Waals surface area contributed by atoms with E-state index in [-0.39, 0.29) is 0 Å². The Morgan fingerprint density at radius 3 is 1.95 bits per heavy atom. The summed E-state index contributed by atoms with van der Waals surface area (Å²) in [5, 5.41) is 4.01. The van der Waals surface area contributed by atoms with E-state index in [0.29, 0.717) is 22.8 Å². The van der Waals surface area contributed by atoms with E-state index in [4.69, 9.17) is 0 Å². The summed E-state index contributed by atoms with van der Waals surface area (Å²) in [5.41, 5.74) is 5.45. The fourth-order valence-electron chi connectivity index (χ4n) is 15.0. The van der Waals surface area contributed by atoms with E-state index >= 15 is 0 Å². The van der Waals surface area contributed by atoms with Crippen LogP contribution in [-0.2, 0) is 0 Å². The summed E-state index contributed by atoms with van der Waals surface area (Å²) < 4.78 is 0. The molecule has 0 aromatic rings. The van der Waals surface area contributed by atoms with Gasteiger partial charge in [0.1, 0.15) is 0 Å². The van der Waals surface area contributed by atoms with Gasteiger partial charge in [-0.2, -0.15) is 0 Å². The molecule has 1 heteroatoms. The van der Waals surface area contributed by atoms with Crippen LogP contribution in [0.4, 0.5) is 0 Å². The molecule has 40 heavy (non-hydrogen) atoms. The molecule has 1 N–H and O–H groups in total. The summed E-state index contributed by atoms with van der Waals surface area (Å²) in [6, 6.07) is 0.624. The third kappa shape index (κ3) is 3.37. The number of hydrogen-bond donors (Lipinski definition) is 1. The van der Waals surface area contributed by atoms with Crippen molar-refractivity contribution in [2.75, 3.05) is 6.54 Å². The summed E-state index contributed by atoms with van der Waals surface area (Å²) in [5.74, 6) is 8.68. The minimum absolute atomic E-state index is 0.564. The van der Waals surface area contributed by atoms with Crippen molar-refractivity contribution in [2.45, 2.75) is 115 Å². The molecule has 1 saturated heterocycles. The molecule has 9 atom stereocenters. The minimum atomic E-state index is 0.564. The number of rotatable bonds is 5. The third-order valence-electron chi connectivity index (χ3n) is 15.9. The molecule has 10 aliphatic carbocycles. The number of hydrogen-bond acceptors (Lipinski definition) is 1. The summed E-state index contributed by atoms with van der Waals surface area (Å²) >= 11 is 0. The first-order valence-electron chi connectivity index (χ1n) is 18.1. The molecule has 8 saturated carbocycles. The zero-order chi connectivity index (χ0) is 26.1. The largest absolute Gasteiger partial charge is 0.313 e. The van der Waals surface area contributed by atoms with Gasteiger partial charge in [-0.1, -0.05) is 42.9 Å². The van der Waals surface area contributed by atoms with E-state index in [1.807, 2.05) is 0 Å². The van der Waals surface area contributed by atoms with Crippen molar-refractivity contribution in [2.24, 2.45) is 69.5 Å². The molecule has 1 heterocycles. The van der Waals surface area contributed by atoms with Crippen molar-refractivity contribution in [3.8, 4) is 0 Å². The Hall–Kier alpha value is -1.08. The number of piperidine rings is 1. The maximum atomic E-state index is 4.01.